The van der Waals surface area contributed by atoms with Gasteiger partial charge in [0.1, 0.15) is 0 Å². The second kappa shape index (κ2) is 4.95. The van der Waals surface area contributed by atoms with Gasteiger partial charge in [-0.2, -0.15) is 0 Å². The van der Waals surface area contributed by atoms with E-state index in [1.165, 1.54) is 42.3 Å². The molecule has 2 aromatic rings. The van der Waals surface area contributed by atoms with Crippen LogP contribution in [0.2, 0.25) is 0 Å². The van der Waals surface area contributed by atoms with Crippen LogP contribution < -0.4 is 0 Å². The fraction of sp³-hybridized carbons (Fsp3) is 0.500. The molecular weight excluding hydrogens is 206 g/mol. The number of rotatable bonds is 5. The van der Waals surface area contributed by atoms with Gasteiger partial charge in [-0.1, -0.05) is 51.8 Å². The Morgan fingerprint density at radius 3 is 2.29 bits per heavy atom. The van der Waals surface area contributed by atoms with Gasteiger partial charge in [0.05, 0.1) is 0 Å². The molecule has 17 heavy (non-hydrogen) atoms. The van der Waals surface area contributed by atoms with E-state index in [9.17, 15) is 0 Å². The molecule has 2 rings (SSSR count). The average Bonchev–Trinajstić information content (AvgIpc) is 2.74. The maximum Gasteiger partial charge on any atom is 0.0456 e. The Bertz CT molecular complexity index is 442. The summed E-state index contributed by atoms with van der Waals surface area (Å²) >= 11 is 0. The van der Waals surface area contributed by atoms with Gasteiger partial charge in [-0.25, -0.2) is 0 Å². The van der Waals surface area contributed by atoms with Gasteiger partial charge in [0.2, 0.25) is 0 Å². The number of hydrogen-bond acceptors (Lipinski definition) is 0. The molecule has 1 N–H and O–H groups in total. The van der Waals surface area contributed by atoms with E-state index in [-0.39, 0.29) is 0 Å². The predicted octanol–water partition coefficient (Wildman–Crippen LogP) is 5.03. The van der Waals surface area contributed by atoms with Crippen molar-refractivity contribution in [3.8, 4) is 0 Å². The van der Waals surface area contributed by atoms with E-state index in [1.54, 1.807) is 0 Å². The standard InChI is InChI=1S/C16H23N/c1-4-10-16(3,11-5-2)15-12-13-8-6-7-9-14(13)17-15/h6-9,12,17H,4-5,10-11H2,1-3H3. The summed E-state index contributed by atoms with van der Waals surface area (Å²) in [4.78, 5) is 3.61. The lowest BCUT2D eigenvalue weighted by molar-refractivity contribution is 0.384. The first-order valence-corrected chi connectivity index (χ1v) is 6.78. The third kappa shape index (κ3) is 2.38. The van der Waals surface area contributed by atoms with E-state index in [4.69, 9.17) is 0 Å². The second-order valence-corrected chi connectivity index (χ2v) is 5.33. The van der Waals surface area contributed by atoms with Gasteiger partial charge in [0, 0.05) is 16.6 Å². The van der Waals surface area contributed by atoms with Crippen LogP contribution in [0.4, 0.5) is 0 Å². The Morgan fingerprint density at radius 2 is 1.71 bits per heavy atom. The molecule has 0 atom stereocenters. The van der Waals surface area contributed by atoms with Crippen LogP contribution in [0.15, 0.2) is 30.3 Å². The molecule has 0 aliphatic carbocycles. The zero-order valence-electron chi connectivity index (χ0n) is 11.2. The van der Waals surface area contributed by atoms with Crippen molar-refractivity contribution < 1.29 is 0 Å². The summed E-state index contributed by atoms with van der Waals surface area (Å²) in [5.74, 6) is 0. The quantitative estimate of drug-likeness (QED) is 0.740. The van der Waals surface area contributed by atoms with E-state index in [0.717, 1.165) is 0 Å². The molecule has 0 amide bonds. The summed E-state index contributed by atoms with van der Waals surface area (Å²) in [6.45, 7) is 6.94. The summed E-state index contributed by atoms with van der Waals surface area (Å²) < 4.78 is 0. The Kier molecular flexibility index (Phi) is 3.56. The van der Waals surface area contributed by atoms with Gasteiger partial charge in [-0.15, -0.1) is 0 Å². The molecule has 0 saturated carbocycles. The molecule has 0 unspecified atom stereocenters. The maximum absolute atomic E-state index is 3.61. The molecule has 1 nitrogen and oxygen atoms in total. The SMILES string of the molecule is CCCC(C)(CCC)c1cc2ccccc2[nH]1. The first-order valence-electron chi connectivity index (χ1n) is 6.78. The molecule has 0 spiro atoms. The predicted molar refractivity (Wildman–Crippen MR) is 75.5 cm³/mol. The van der Waals surface area contributed by atoms with Gasteiger partial charge in [0.15, 0.2) is 0 Å². The molecule has 0 aliphatic heterocycles. The summed E-state index contributed by atoms with van der Waals surface area (Å²) in [5, 5.41) is 1.33. The number of hydrogen-bond donors (Lipinski definition) is 1. The average molecular weight is 229 g/mol. The summed E-state index contributed by atoms with van der Waals surface area (Å²) in [6.07, 6.45) is 5.00. The Hall–Kier alpha value is -1.24. The minimum Gasteiger partial charge on any atom is -0.358 e. The van der Waals surface area contributed by atoms with Crippen LogP contribution in [0.1, 0.15) is 52.1 Å². The lowest BCUT2D eigenvalue weighted by Crippen LogP contribution is -2.21. The normalized spacial score (nSPS) is 12.2. The highest BCUT2D eigenvalue weighted by atomic mass is 14.7. The molecule has 1 aromatic heterocycles. The largest absolute Gasteiger partial charge is 0.358 e. The van der Waals surface area contributed by atoms with E-state index < -0.39 is 0 Å². The maximum atomic E-state index is 3.61. The van der Waals surface area contributed by atoms with Crippen molar-refractivity contribution in [2.75, 3.05) is 0 Å². The molecule has 0 bridgehead atoms. The van der Waals surface area contributed by atoms with Gasteiger partial charge in [-0.3, -0.25) is 0 Å². The van der Waals surface area contributed by atoms with Crippen molar-refractivity contribution >= 4 is 10.9 Å². The highest BCUT2D eigenvalue weighted by Gasteiger charge is 2.26. The van der Waals surface area contributed by atoms with Crippen molar-refractivity contribution in [2.24, 2.45) is 0 Å². The van der Waals surface area contributed by atoms with E-state index >= 15 is 0 Å². The van der Waals surface area contributed by atoms with Gasteiger partial charge in [0.25, 0.3) is 0 Å². The van der Waals surface area contributed by atoms with Crippen molar-refractivity contribution in [3.63, 3.8) is 0 Å². The Morgan fingerprint density at radius 1 is 1.06 bits per heavy atom. The Balaban J connectivity index is 2.41. The van der Waals surface area contributed by atoms with E-state index in [0.29, 0.717) is 5.41 Å². The zero-order chi connectivity index (χ0) is 12.3. The lowest BCUT2D eigenvalue weighted by atomic mass is 9.78. The number of aromatic nitrogens is 1. The third-order valence-corrected chi connectivity index (χ3v) is 3.78. The van der Waals surface area contributed by atoms with Crippen LogP contribution in [-0.2, 0) is 5.41 Å². The van der Waals surface area contributed by atoms with Crippen molar-refractivity contribution in [1.29, 1.82) is 0 Å². The fourth-order valence-electron chi connectivity index (χ4n) is 2.90. The van der Waals surface area contributed by atoms with Crippen molar-refractivity contribution in [3.05, 3.63) is 36.0 Å². The van der Waals surface area contributed by atoms with Crippen LogP contribution >= 0.6 is 0 Å². The summed E-state index contributed by atoms with van der Waals surface area (Å²) in [6, 6.07) is 10.9. The summed E-state index contributed by atoms with van der Waals surface area (Å²) in [7, 11) is 0. The molecule has 1 heteroatoms. The van der Waals surface area contributed by atoms with E-state index in [2.05, 4.69) is 56.1 Å². The number of para-hydroxylation sites is 1. The van der Waals surface area contributed by atoms with Gasteiger partial charge in [-0.05, 0) is 30.4 Å². The van der Waals surface area contributed by atoms with Crippen molar-refractivity contribution in [2.45, 2.75) is 51.9 Å². The number of benzene rings is 1. The molecule has 1 heterocycles. The van der Waals surface area contributed by atoms with Gasteiger partial charge >= 0.3 is 0 Å². The number of nitrogens with one attached hydrogen (secondary N) is 1. The molecule has 0 fully saturated rings. The van der Waals surface area contributed by atoms with Crippen LogP contribution in [0.5, 0.6) is 0 Å². The number of H-pyrrole nitrogens is 1. The number of aromatic amines is 1. The second-order valence-electron chi connectivity index (χ2n) is 5.33. The molecule has 92 valence electrons. The monoisotopic (exact) mass is 229 g/mol. The fourth-order valence-corrected chi connectivity index (χ4v) is 2.90. The lowest BCUT2D eigenvalue weighted by Gasteiger charge is -2.28. The highest BCUT2D eigenvalue weighted by molar-refractivity contribution is 5.80. The van der Waals surface area contributed by atoms with Crippen LogP contribution in [0.25, 0.3) is 10.9 Å². The smallest absolute Gasteiger partial charge is 0.0456 e. The zero-order valence-corrected chi connectivity index (χ0v) is 11.2. The first-order chi connectivity index (χ1) is 8.19. The molecule has 1 aromatic carbocycles. The molecular formula is C16H23N. The van der Waals surface area contributed by atoms with Crippen molar-refractivity contribution in [1.82, 2.24) is 4.98 Å². The number of fused-ring (bicyclic) bond motifs is 1. The van der Waals surface area contributed by atoms with Crippen LogP contribution in [0, 0.1) is 0 Å². The summed E-state index contributed by atoms with van der Waals surface area (Å²) in [5.41, 5.74) is 2.98. The van der Waals surface area contributed by atoms with Crippen LogP contribution in [-0.4, -0.2) is 4.98 Å². The first kappa shape index (κ1) is 12.2. The Labute approximate surface area is 104 Å². The van der Waals surface area contributed by atoms with Gasteiger partial charge < -0.3 is 4.98 Å². The molecule has 0 saturated heterocycles. The topological polar surface area (TPSA) is 15.8 Å². The minimum absolute atomic E-state index is 0.308. The molecule has 0 aliphatic rings. The van der Waals surface area contributed by atoms with Crippen LogP contribution in [0.3, 0.4) is 0 Å². The highest BCUT2D eigenvalue weighted by Crippen LogP contribution is 2.34. The minimum atomic E-state index is 0.308. The third-order valence-electron chi connectivity index (χ3n) is 3.78. The van der Waals surface area contributed by atoms with E-state index in [1.807, 2.05) is 0 Å². The molecule has 0 radical (unpaired) electrons.